The van der Waals surface area contributed by atoms with Gasteiger partial charge in [0.15, 0.2) is 0 Å². The van der Waals surface area contributed by atoms with Crippen molar-refractivity contribution in [1.82, 2.24) is 19.4 Å². The predicted octanol–water partition coefficient (Wildman–Crippen LogP) is 2.24. The number of benzene rings is 1. The monoisotopic (exact) mass is 352 g/mol. The molecule has 4 rings (SSSR count). The van der Waals surface area contributed by atoms with Gasteiger partial charge < -0.3 is 4.90 Å². The van der Waals surface area contributed by atoms with Crippen LogP contribution < -0.4 is 5.56 Å². The zero-order chi connectivity index (χ0) is 18.6. The first-order valence-corrected chi connectivity index (χ1v) is 8.26. The molecule has 3 heterocycles. The first kappa shape index (κ1) is 16.4. The van der Waals surface area contributed by atoms with Gasteiger partial charge in [-0.25, -0.2) is 9.37 Å². The molecule has 0 unspecified atom stereocenters. The number of amides is 1. The highest BCUT2D eigenvalue weighted by Gasteiger charge is 2.29. The average molecular weight is 352 g/mol. The Balaban J connectivity index is 1.77. The summed E-state index contributed by atoms with van der Waals surface area (Å²) in [5, 5.41) is 0.593. The number of carbonyl (C=O) groups excluding carboxylic acids is 1. The number of halogens is 1. The topological polar surface area (TPSA) is 68.1 Å². The third kappa shape index (κ3) is 2.47. The van der Waals surface area contributed by atoms with Crippen molar-refractivity contribution in [2.45, 2.75) is 26.9 Å². The van der Waals surface area contributed by atoms with Gasteiger partial charge in [-0.3, -0.25) is 19.1 Å². The highest BCUT2D eigenvalue weighted by Crippen LogP contribution is 2.25. The summed E-state index contributed by atoms with van der Waals surface area (Å²) in [4.78, 5) is 35.9. The number of rotatable bonds is 1. The van der Waals surface area contributed by atoms with E-state index in [2.05, 4.69) is 9.97 Å². The molecule has 2 aromatic heterocycles. The van der Waals surface area contributed by atoms with Crippen molar-refractivity contribution in [3.05, 3.63) is 68.8 Å². The second kappa shape index (κ2) is 5.72. The largest absolute Gasteiger partial charge is 0.328 e. The zero-order valence-corrected chi connectivity index (χ0v) is 14.7. The Morgan fingerprint density at radius 2 is 1.92 bits per heavy atom. The summed E-state index contributed by atoms with van der Waals surface area (Å²) in [5.74, 6) is -0.000655. The Bertz CT molecular complexity index is 1130. The number of pyridine rings is 1. The molecule has 0 aliphatic carbocycles. The van der Waals surface area contributed by atoms with Crippen LogP contribution in [0.4, 0.5) is 4.39 Å². The standard InChI is InChI=1S/C19H17FN4O2/c1-10-6-14(13-5-4-12(20)7-16(13)21-10)19(26)24-8-15-17(9-24)22-11(2)23(3)18(15)25/h4-7H,8-9H2,1-3H3. The molecule has 0 atom stereocenters. The molecule has 0 N–H and O–H groups in total. The zero-order valence-electron chi connectivity index (χ0n) is 14.7. The summed E-state index contributed by atoms with van der Waals surface area (Å²) in [6, 6.07) is 5.89. The van der Waals surface area contributed by atoms with Crippen LogP contribution in [-0.4, -0.2) is 25.3 Å². The minimum atomic E-state index is -0.397. The lowest BCUT2D eigenvalue weighted by atomic mass is 10.1. The number of aryl methyl sites for hydroxylation is 2. The molecule has 3 aromatic rings. The van der Waals surface area contributed by atoms with Gasteiger partial charge in [-0.2, -0.15) is 0 Å². The van der Waals surface area contributed by atoms with E-state index >= 15 is 0 Å². The Hall–Kier alpha value is -3.09. The lowest BCUT2D eigenvalue weighted by Gasteiger charge is -2.16. The minimum absolute atomic E-state index is 0.124. The number of carbonyl (C=O) groups is 1. The molecule has 1 aliphatic rings. The van der Waals surface area contributed by atoms with E-state index in [4.69, 9.17) is 0 Å². The minimum Gasteiger partial charge on any atom is -0.328 e. The van der Waals surface area contributed by atoms with Crippen LogP contribution in [0.3, 0.4) is 0 Å². The molecule has 0 radical (unpaired) electrons. The summed E-state index contributed by atoms with van der Waals surface area (Å²) >= 11 is 0. The van der Waals surface area contributed by atoms with Crippen LogP contribution >= 0.6 is 0 Å². The smallest absolute Gasteiger partial charge is 0.258 e. The van der Waals surface area contributed by atoms with E-state index in [9.17, 15) is 14.0 Å². The predicted molar refractivity (Wildman–Crippen MR) is 94.2 cm³/mol. The molecular weight excluding hydrogens is 335 g/mol. The second-order valence-electron chi connectivity index (χ2n) is 6.58. The number of hydrogen-bond donors (Lipinski definition) is 0. The van der Waals surface area contributed by atoms with Gasteiger partial charge in [-0.15, -0.1) is 0 Å². The highest BCUT2D eigenvalue weighted by atomic mass is 19.1. The van der Waals surface area contributed by atoms with Crippen LogP contribution in [0, 0.1) is 19.7 Å². The first-order valence-electron chi connectivity index (χ1n) is 8.26. The van der Waals surface area contributed by atoms with Crippen molar-refractivity contribution >= 4 is 16.8 Å². The average Bonchev–Trinajstić information content (AvgIpc) is 3.02. The number of nitrogens with zero attached hydrogens (tertiary/aromatic N) is 4. The molecule has 6 nitrogen and oxygen atoms in total. The van der Waals surface area contributed by atoms with Crippen molar-refractivity contribution in [3.8, 4) is 0 Å². The first-order chi connectivity index (χ1) is 12.3. The molecule has 0 bridgehead atoms. The summed E-state index contributed by atoms with van der Waals surface area (Å²) in [5.41, 5.74) is 2.59. The third-order valence-corrected chi connectivity index (χ3v) is 4.80. The molecular formula is C19H17FN4O2. The third-order valence-electron chi connectivity index (χ3n) is 4.80. The van der Waals surface area contributed by atoms with E-state index in [1.807, 2.05) is 0 Å². The van der Waals surface area contributed by atoms with E-state index in [1.165, 1.54) is 16.7 Å². The fourth-order valence-corrected chi connectivity index (χ4v) is 3.35. The highest BCUT2D eigenvalue weighted by molar-refractivity contribution is 6.06. The van der Waals surface area contributed by atoms with Gasteiger partial charge in [-0.1, -0.05) is 0 Å². The van der Waals surface area contributed by atoms with Crippen molar-refractivity contribution in [3.63, 3.8) is 0 Å². The van der Waals surface area contributed by atoms with Crippen molar-refractivity contribution in [1.29, 1.82) is 0 Å². The Labute approximate surface area is 148 Å². The van der Waals surface area contributed by atoms with Gasteiger partial charge in [0.05, 0.1) is 35.4 Å². The molecule has 0 saturated carbocycles. The van der Waals surface area contributed by atoms with Crippen molar-refractivity contribution < 1.29 is 9.18 Å². The maximum Gasteiger partial charge on any atom is 0.258 e. The molecule has 7 heteroatoms. The van der Waals surface area contributed by atoms with E-state index < -0.39 is 5.82 Å². The second-order valence-corrected chi connectivity index (χ2v) is 6.58. The molecule has 132 valence electrons. The summed E-state index contributed by atoms with van der Waals surface area (Å²) in [7, 11) is 1.67. The quantitative estimate of drug-likeness (QED) is 0.674. The maximum absolute atomic E-state index is 13.5. The lowest BCUT2D eigenvalue weighted by molar-refractivity contribution is 0.0752. The molecule has 1 aliphatic heterocycles. The summed E-state index contributed by atoms with van der Waals surface area (Å²) < 4.78 is 15.0. The maximum atomic E-state index is 13.5. The van der Waals surface area contributed by atoms with Crippen LogP contribution in [-0.2, 0) is 20.1 Å². The molecule has 0 saturated heterocycles. The lowest BCUT2D eigenvalue weighted by Crippen LogP contribution is -2.27. The SMILES string of the molecule is Cc1cc(C(=O)N2Cc3nc(C)n(C)c(=O)c3C2)c2ccc(F)cc2n1. The normalized spacial score (nSPS) is 13.3. The van der Waals surface area contributed by atoms with Crippen LogP contribution in [0.1, 0.15) is 33.1 Å². The van der Waals surface area contributed by atoms with Gasteiger partial charge in [0.1, 0.15) is 11.6 Å². The van der Waals surface area contributed by atoms with Gasteiger partial charge in [0.2, 0.25) is 0 Å². The fourth-order valence-electron chi connectivity index (χ4n) is 3.35. The van der Waals surface area contributed by atoms with Crippen LogP contribution in [0.5, 0.6) is 0 Å². The Morgan fingerprint density at radius 1 is 1.15 bits per heavy atom. The summed E-state index contributed by atoms with van der Waals surface area (Å²) in [6.07, 6.45) is 0. The molecule has 1 amide bonds. The molecule has 1 aromatic carbocycles. The van der Waals surface area contributed by atoms with Gasteiger partial charge >= 0.3 is 0 Å². The van der Waals surface area contributed by atoms with Crippen LogP contribution in [0.15, 0.2) is 29.1 Å². The fraction of sp³-hybridized carbons (Fsp3) is 0.263. The number of hydrogen-bond acceptors (Lipinski definition) is 4. The molecule has 0 fully saturated rings. The van der Waals surface area contributed by atoms with E-state index in [0.29, 0.717) is 39.2 Å². The van der Waals surface area contributed by atoms with Gasteiger partial charge in [-0.05, 0) is 32.0 Å². The van der Waals surface area contributed by atoms with Crippen LogP contribution in [0.2, 0.25) is 0 Å². The van der Waals surface area contributed by atoms with Crippen molar-refractivity contribution in [2.24, 2.45) is 7.05 Å². The summed E-state index contributed by atoms with van der Waals surface area (Å²) in [6.45, 7) is 4.04. The van der Waals surface area contributed by atoms with Gasteiger partial charge in [0, 0.05) is 24.2 Å². The number of fused-ring (bicyclic) bond motifs is 2. The Kier molecular flexibility index (Phi) is 3.61. The molecule has 26 heavy (non-hydrogen) atoms. The Morgan fingerprint density at radius 3 is 2.69 bits per heavy atom. The van der Waals surface area contributed by atoms with Crippen molar-refractivity contribution in [2.75, 3.05) is 0 Å². The van der Waals surface area contributed by atoms with E-state index in [-0.39, 0.29) is 24.6 Å². The van der Waals surface area contributed by atoms with E-state index in [0.717, 1.165) is 0 Å². The van der Waals surface area contributed by atoms with Gasteiger partial charge in [0.25, 0.3) is 11.5 Å². The number of aromatic nitrogens is 3. The molecule has 0 spiro atoms. The van der Waals surface area contributed by atoms with Crippen LogP contribution in [0.25, 0.3) is 10.9 Å². The van der Waals surface area contributed by atoms with E-state index in [1.54, 1.807) is 37.9 Å².